The summed E-state index contributed by atoms with van der Waals surface area (Å²) in [6, 6.07) is 9.88. The van der Waals surface area contributed by atoms with Crippen LogP contribution in [-0.4, -0.2) is 22.3 Å². The van der Waals surface area contributed by atoms with Crippen molar-refractivity contribution in [2.75, 3.05) is 0 Å². The molecule has 1 heterocycles. The maximum Gasteiger partial charge on any atom is 0.346 e. The fraction of sp³-hybridized carbons (Fsp3) is 0.529. The van der Waals surface area contributed by atoms with Gasteiger partial charge < -0.3 is 10.6 Å². The van der Waals surface area contributed by atoms with Crippen LogP contribution in [-0.2, 0) is 6.54 Å². The lowest BCUT2D eigenvalue weighted by Crippen LogP contribution is -2.56. The largest absolute Gasteiger partial charge is 0.385 e. The van der Waals surface area contributed by atoms with E-state index in [4.69, 9.17) is 5.73 Å². The third-order valence-electron chi connectivity index (χ3n) is 5.05. The summed E-state index contributed by atoms with van der Waals surface area (Å²) in [6.45, 7) is 5.15. The van der Waals surface area contributed by atoms with E-state index in [0.717, 1.165) is 31.2 Å². The first-order valence-corrected chi connectivity index (χ1v) is 7.63. The smallest absolute Gasteiger partial charge is 0.346 e. The van der Waals surface area contributed by atoms with Gasteiger partial charge in [-0.3, -0.25) is 0 Å². The first-order chi connectivity index (χ1) is 9.93. The molecule has 2 N–H and O–H groups in total. The molecule has 2 amide bonds. The van der Waals surface area contributed by atoms with Gasteiger partial charge in [-0.1, -0.05) is 44.2 Å². The zero-order chi connectivity index (χ0) is 15.1. The van der Waals surface area contributed by atoms with Gasteiger partial charge in [0.25, 0.3) is 0 Å². The Morgan fingerprint density at radius 2 is 1.76 bits per heavy atom. The van der Waals surface area contributed by atoms with Crippen molar-refractivity contribution in [3.8, 4) is 0 Å². The third kappa shape index (κ3) is 2.43. The molecule has 0 unspecified atom stereocenters. The van der Waals surface area contributed by atoms with Crippen molar-refractivity contribution in [2.24, 2.45) is 16.1 Å². The van der Waals surface area contributed by atoms with Crippen LogP contribution < -0.4 is 5.73 Å². The quantitative estimate of drug-likeness (QED) is 0.906. The van der Waals surface area contributed by atoms with Gasteiger partial charge in [-0.2, -0.15) is 4.99 Å². The summed E-state index contributed by atoms with van der Waals surface area (Å²) < 4.78 is 0. The lowest BCUT2D eigenvalue weighted by atomic mass is 9.68. The maximum absolute atomic E-state index is 12.3. The molecule has 0 bridgehead atoms. The average molecular weight is 285 g/mol. The van der Waals surface area contributed by atoms with Crippen LogP contribution in [0.15, 0.2) is 35.3 Å². The number of amides is 2. The van der Waals surface area contributed by atoms with Crippen LogP contribution in [0.4, 0.5) is 4.79 Å². The third-order valence-corrected chi connectivity index (χ3v) is 5.05. The van der Waals surface area contributed by atoms with Gasteiger partial charge in [-0.05, 0) is 36.7 Å². The molecule has 1 saturated carbocycles. The highest BCUT2D eigenvalue weighted by Gasteiger charge is 2.51. The molecule has 0 saturated heterocycles. The monoisotopic (exact) mass is 285 g/mol. The number of carbonyl (C=O) groups is 1. The van der Waals surface area contributed by atoms with Crippen molar-refractivity contribution in [1.82, 2.24) is 4.90 Å². The van der Waals surface area contributed by atoms with Crippen molar-refractivity contribution in [2.45, 2.75) is 51.6 Å². The maximum atomic E-state index is 12.3. The Labute approximate surface area is 126 Å². The van der Waals surface area contributed by atoms with Crippen LogP contribution >= 0.6 is 0 Å². The summed E-state index contributed by atoms with van der Waals surface area (Å²) in [7, 11) is 0. The number of urea groups is 1. The number of rotatable bonds is 2. The number of benzene rings is 1. The molecule has 112 valence electrons. The van der Waals surface area contributed by atoms with Crippen LogP contribution in [0.1, 0.15) is 45.1 Å². The van der Waals surface area contributed by atoms with Crippen molar-refractivity contribution in [3.63, 3.8) is 0 Å². The van der Waals surface area contributed by atoms with Crippen LogP contribution in [0.2, 0.25) is 0 Å². The predicted octanol–water partition coefficient (Wildman–Crippen LogP) is 3.32. The van der Waals surface area contributed by atoms with Crippen molar-refractivity contribution in [3.05, 3.63) is 35.9 Å². The number of amidine groups is 1. The number of aliphatic imine (C=N–C) groups is 1. The Hall–Kier alpha value is -1.84. The predicted molar refractivity (Wildman–Crippen MR) is 84.0 cm³/mol. The molecule has 1 aromatic rings. The van der Waals surface area contributed by atoms with Gasteiger partial charge in [-0.25, -0.2) is 4.79 Å². The van der Waals surface area contributed by atoms with Gasteiger partial charge in [0.1, 0.15) is 11.4 Å². The minimum atomic E-state index is -0.359. The molecule has 21 heavy (non-hydrogen) atoms. The fourth-order valence-corrected chi connectivity index (χ4v) is 3.44. The Bertz CT molecular complexity index is 567. The molecule has 1 aromatic carbocycles. The Balaban J connectivity index is 1.87. The lowest BCUT2D eigenvalue weighted by Gasteiger charge is -2.45. The second-order valence-corrected chi connectivity index (χ2v) is 7.05. The van der Waals surface area contributed by atoms with E-state index in [1.165, 1.54) is 0 Å². The fourth-order valence-electron chi connectivity index (χ4n) is 3.44. The van der Waals surface area contributed by atoms with E-state index in [0.29, 0.717) is 17.8 Å². The van der Waals surface area contributed by atoms with E-state index in [1.807, 2.05) is 35.2 Å². The summed E-state index contributed by atoms with van der Waals surface area (Å²) in [5.74, 6) is 0.513. The van der Waals surface area contributed by atoms with E-state index >= 15 is 0 Å². The number of nitrogens with zero attached hydrogens (tertiary/aromatic N) is 2. The molecule has 3 rings (SSSR count). The molecule has 4 nitrogen and oxygen atoms in total. The Kier molecular flexibility index (Phi) is 3.27. The second-order valence-electron chi connectivity index (χ2n) is 7.05. The normalized spacial score (nSPS) is 23.4. The number of hydrogen-bond acceptors (Lipinski definition) is 2. The highest BCUT2D eigenvalue weighted by atomic mass is 16.2. The molecular weight excluding hydrogens is 262 g/mol. The summed E-state index contributed by atoms with van der Waals surface area (Å²) in [5, 5.41) is 0. The van der Waals surface area contributed by atoms with Crippen molar-refractivity contribution in [1.29, 1.82) is 0 Å². The van der Waals surface area contributed by atoms with E-state index in [9.17, 15) is 4.79 Å². The van der Waals surface area contributed by atoms with E-state index in [-0.39, 0.29) is 11.6 Å². The molecule has 4 heteroatoms. The van der Waals surface area contributed by atoms with E-state index in [1.54, 1.807) is 0 Å². The minimum Gasteiger partial charge on any atom is -0.385 e. The lowest BCUT2D eigenvalue weighted by molar-refractivity contribution is 0.0946. The minimum absolute atomic E-state index is 0.184. The van der Waals surface area contributed by atoms with E-state index < -0.39 is 0 Å². The molecule has 1 aliphatic heterocycles. The van der Waals surface area contributed by atoms with Gasteiger partial charge in [0.15, 0.2) is 0 Å². The molecule has 2 aliphatic rings. The van der Waals surface area contributed by atoms with Crippen LogP contribution in [0.25, 0.3) is 0 Å². The SMILES string of the molecule is CC1(C)CCC2(CC1)C(N)=NC(=O)N2Cc1ccccc1. The molecule has 0 radical (unpaired) electrons. The average Bonchev–Trinajstić information content (AvgIpc) is 2.68. The summed E-state index contributed by atoms with van der Waals surface area (Å²) in [5.41, 5.74) is 7.25. The number of hydrogen-bond donors (Lipinski definition) is 1. The molecule has 0 atom stereocenters. The first kappa shape index (κ1) is 14.1. The number of carbonyl (C=O) groups excluding carboxylic acids is 1. The highest BCUT2D eigenvalue weighted by Crippen LogP contribution is 2.45. The molecule has 1 aliphatic carbocycles. The van der Waals surface area contributed by atoms with Crippen molar-refractivity contribution >= 4 is 11.9 Å². The van der Waals surface area contributed by atoms with Crippen molar-refractivity contribution < 1.29 is 4.79 Å². The molecule has 0 aromatic heterocycles. The summed E-state index contributed by atoms with van der Waals surface area (Å²) >= 11 is 0. The summed E-state index contributed by atoms with van der Waals surface area (Å²) in [6.07, 6.45) is 3.96. The van der Waals surface area contributed by atoms with Gasteiger partial charge in [0.2, 0.25) is 0 Å². The standard InChI is InChI=1S/C17H23N3O/c1-16(2)8-10-17(11-9-16)14(18)19-15(21)20(17)12-13-6-4-3-5-7-13/h3-7H,8-12H2,1-2H3,(H2,18,19,21). The van der Waals surface area contributed by atoms with Crippen LogP contribution in [0.3, 0.4) is 0 Å². The van der Waals surface area contributed by atoms with Gasteiger partial charge >= 0.3 is 6.03 Å². The van der Waals surface area contributed by atoms with Crippen LogP contribution in [0.5, 0.6) is 0 Å². The van der Waals surface area contributed by atoms with Gasteiger partial charge in [-0.15, -0.1) is 0 Å². The zero-order valence-corrected chi connectivity index (χ0v) is 12.8. The molecular formula is C17H23N3O. The topological polar surface area (TPSA) is 58.7 Å². The zero-order valence-electron chi connectivity index (χ0n) is 12.8. The molecule has 1 fully saturated rings. The van der Waals surface area contributed by atoms with Crippen LogP contribution in [0, 0.1) is 5.41 Å². The highest BCUT2D eigenvalue weighted by molar-refractivity contribution is 6.05. The second kappa shape index (κ2) is 4.86. The first-order valence-electron chi connectivity index (χ1n) is 7.63. The molecule has 1 spiro atoms. The van der Waals surface area contributed by atoms with Gasteiger partial charge in [0.05, 0.1) is 0 Å². The van der Waals surface area contributed by atoms with Gasteiger partial charge in [0, 0.05) is 6.54 Å². The Morgan fingerprint density at radius 3 is 2.38 bits per heavy atom. The summed E-state index contributed by atoms with van der Waals surface area (Å²) in [4.78, 5) is 18.2. The number of nitrogens with two attached hydrogens (primary N) is 1. The van der Waals surface area contributed by atoms with E-state index in [2.05, 4.69) is 18.8 Å². The Morgan fingerprint density at radius 1 is 1.14 bits per heavy atom.